The molecule has 0 saturated heterocycles. The molecule has 4 aliphatic heterocycles. The summed E-state index contributed by atoms with van der Waals surface area (Å²) in [6.45, 7) is -0.156. The molecular weight excluding hydrogens is 848 g/mol. The molecule has 0 aliphatic carbocycles. The molecule has 0 radical (unpaired) electrons. The smallest absolute Gasteiger partial charge is 0.252 e. The van der Waals surface area contributed by atoms with Crippen molar-refractivity contribution in [2.75, 3.05) is 14.7 Å². The lowest BCUT2D eigenvalue weighted by molar-refractivity contribution is 0.669. The Balaban J connectivity index is 1.01. The highest BCUT2D eigenvalue weighted by Crippen LogP contribution is 2.50. The van der Waals surface area contributed by atoms with Crippen LogP contribution in [-0.4, -0.2) is 13.4 Å². The normalized spacial score (nSPS) is 14.0. The average molecular weight is 884 g/mol. The lowest BCUT2D eigenvalue weighted by Crippen LogP contribution is -2.64. The number of nitrogens with zero attached hydrogens (tertiary/aromatic N) is 3. The first-order valence-electron chi connectivity index (χ1n) is 23.3. The van der Waals surface area contributed by atoms with Gasteiger partial charge in [0.05, 0.1) is 11.4 Å². The molecule has 10 aromatic carbocycles. The summed E-state index contributed by atoms with van der Waals surface area (Å²) in [5.74, 6) is 0. The third kappa shape index (κ3) is 4.84. The monoisotopic (exact) mass is 883 g/mol. The standard InChI is InChI=1S/C60H35B2N3O2S/c1-4-16-36(17-5-1)63-47-24-14-25-48-55(47)61(43-32-30-41-39-22-10-12-27-51(39)66-59(41)57(43)64(48)37-18-6-2-7-19-37)45-34-46-54(35-50(45)63)68-53-29-15-26-49-56(53)62(46)44-33-31-42-40-23-11-13-28-52(40)67-60(42)58(44)65(49)38-20-8-3-9-21-38/h1-35H. The molecule has 0 spiro atoms. The van der Waals surface area contributed by atoms with Crippen LogP contribution in [-0.2, 0) is 0 Å². The van der Waals surface area contributed by atoms with E-state index in [1.165, 1.54) is 59.6 Å². The molecular formula is C60H35B2N3O2S. The topological polar surface area (TPSA) is 36.0 Å². The van der Waals surface area contributed by atoms with Crippen LogP contribution >= 0.6 is 11.8 Å². The van der Waals surface area contributed by atoms with Gasteiger partial charge in [-0.1, -0.05) is 151 Å². The predicted molar refractivity (Wildman–Crippen MR) is 285 cm³/mol. The van der Waals surface area contributed by atoms with Gasteiger partial charge in [-0.2, -0.15) is 0 Å². The first-order valence-corrected chi connectivity index (χ1v) is 24.1. The molecule has 0 bridgehead atoms. The van der Waals surface area contributed by atoms with Crippen molar-refractivity contribution in [2.45, 2.75) is 9.79 Å². The van der Waals surface area contributed by atoms with Crippen molar-refractivity contribution in [3.63, 3.8) is 0 Å². The van der Waals surface area contributed by atoms with E-state index in [4.69, 9.17) is 8.83 Å². The summed E-state index contributed by atoms with van der Waals surface area (Å²) in [4.78, 5) is 9.95. The summed E-state index contributed by atoms with van der Waals surface area (Å²) in [7, 11) is 0. The molecule has 12 aromatic rings. The van der Waals surface area contributed by atoms with Crippen LogP contribution < -0.4 is 47.5 Å². The van der Waals surface area contributed by atoms with Gasteiger partial charge in [0.15, 0.2) is 11.2 Å². The van der Waals surface area contributed by atoms with Crippen LogP contribution in [0.2, 0.25) is 0 Å². The molecule has 0 atom stereocenters. The number of para-hydroxylation sites is 5. The first kappa shape index (κ1) is 36.8. The summed E-state index contributed by atoms with van der Waals surface area (Å²) in [6.07, 6.45) is 0. The quantitative estimate of drug-likeness (QED) is 0.165. The summed E-state index contributed by atoms with van der Waals surface area (Å²) in [5, 5.41) is 4.49. The van der Waals surface area contributed by atoms with E-state index in [1.54, 1.807) is 0 Å². The summed E-state index contributed by atoms with van der Waals surface area (Å²) in [5.41, 5.74) is 21.5. The number of hydrogen-bond donors (Lipinski definition) is 0. The molecule has 314 valence electrons. The van der Waals surface area contributed by atoms with Gasteiger partial charge in [-0.05, 0) is 106 Å². The molecule has 0 fully saturated rings. The highest BCUT2D eigenvalue weighted by Gasteiger charge is 2.48. The van der Waals surface area contributed by atoms with Crippen LogP contribution in [0, 0.1) is 0 Å². The van der Waals surface area contributed by atoms with Crippen molar-refractivity contribution in [2.24, 2.45) is 0 Å². The second-order valence-corrected chi connectivity index (χ2v) is 19.4. The SMILES string of the molecule is c1ccc(N2c3cc4c(cc3B3c5ccc6c(oc7ccccc76)c5N(c5ccccc5)c5cccc2c53)B2c3ccc5c(oc6ccccc65)c3N(c3ccccc3)c3cccc(c32)S4)cc1. The number of fused-ring (bicyclic) bond motifs is 16. The van der Waals surface area contributed by atoms with Crippen molar-refractivity contribution in [3.05, 3.63) is 212 Å². The van der Waals surface area contributed by atoms with E-state index in [2.05, 4.69) is 227 Å². The van der Waals surface area contributed by atoms with Crippen LogP contribution in [0.15, 0.2) is 231 Å². The van der Waals surface area contributed by atoms with Gasteiger partial charge in [0.25, 0.3) is 6.71 Å². The number of benzene rings is 10. The van der Waals surface area contributed by atoms with Crippen molar-refractivity contribution < 1.29 is 8.83 Å². The fraction of sp³-hybridized carbons (Fsp3) is 0. The molecule has 16 rings (SSSR count). The maximum absolute atomic E-state index is 7.00. The lowest BCUT2D eigenvalue weighted by atomic mass is 9.31. The van der Waals surface area contributed by atoms with Gasteiger partial charge in [-0.3, -0.25) is 0 Å². The van der Waals surface area contributed by atoms with Gasteiger partial charge in [-0.25, -0.2) is 0 Å². The van der Waals surface area contributed by atoms with E-state index >= 15 is 0 Å². The number of anilines is 9. The zero-order valence-electron chi connectivity index (χ0n) is 36.4. The van der Waals surface area contributed by atoms with Gasteiger partial charge in [0, 0.05) is 71.1 Å². The largest absolute Gasteiger partial charge is 0.454 e. The van der Waals surface area contributed by atoms with Crippen LogP contribution in [0.1, 0.15) is 0 Å². The van der Waals surface area contributed by atoms with Crippen molar-refractivity contribution in [1.82, 2.24) is 0 Å². The zero-order chi connectivity index (χ0) is 44.2. The van der Waals surface area contributed by atoms with E-state index in [-0.39, 0.29) is 13.4 Å². The third-order valence-corrected chi connectivity index (χ3v) is 16.0. The summed E-state index contributed by atoms with van der Waals surface area (Å²) < 4.78 is 14.0. The average Bonchev–Trinajstić information content (AvgIpc) is 3.98. The molecule has 0 amide bonds. The third-order valence-electron chi connectivity index (χ3n) is 14.9. The van der Waals surface area contributed by atoms with E-state index in [1.807, 2.05) is 11.8 Å². The minimum absolute atomic E-state index is 0.0566. The highest BCUT2D eigenvalue weighted by atomic mass is 32.2. The zero-order valence-corrected chi connectivity index (χ0v) is 37.2. The summed E-state index contributed by atoms with van der Waals surface area (Å²) in [6, 6.07) is 77.6. The van der Waals surface area contributed by atoms with Gasteiger partial charge in [0.2, 0.25) is 6.71 Å². The number of hydrogen-bond acceptors (Lipinski definition) is 6. The lowest BCUT2D eigenvalue weighted by Gasteiger charge is -2.45. The molecule has 2 aromatic heterocycles. The second-order valence-electron chi connectivity index (χ2n) is 18.3. The van der Waals surface area contributed by atoms with E-state index in [9.17, 15) is 0 Å². The Morgan fingerprint density at radius 2 is 0.794 bits per heavy atom. The van der Waals surface area contributed by atoms with Crippen LogP contribution in [0.25, 0.3) is 43.9 Å². The number of furan rings is 2. The van der Waals surface area contributed by atoms with Crippen LogP contribution in [0.5, 0.6) is 0 Å². The maximum Gasteiger partial charge on any atom is 0.252 e. The molecule has 68 heavy (non-hydrogen) atoms. The van der Waals surface area contributed by atoms with Crippen molar-refractivity contribution in [3.8, 4) is 0 Å². The Bertz CT molecular complexity index is 4120. The Labute approximate surface area is 396 Å². The van der Waals surface area contributed by atoms with Gasteiger partial charge in [-0.15, -0.1) is 0 Å². The minimum Gasteiger partial charge on any atom is -0.454 e. The Morgan fingerprint density at radius 1 is 0.324 bits per heavy atom. The van der Waals surface area contributed by atoms with Crippen LogP contribution in [0.4, 0.5) is 51.2 Å². The molecule has 0 saturated carbocycles. The minimum atomic E-state index is -0.0996. The molecule has 4 aliphatic rings. The van der Waals surface area contributed by atoms with Gasteiger partial charge < -0.3 is 23.5 Å². The Hall–Kier alpha value is -8.32. The maximum atomic E-state index is 7.00. The van der Waals surface area contributed by atoms with E-state index in [0.29, 0.717) is 0 Å². The second kappa shape index (κ2) is 13.6. The van der Waals surface area contributed by atoms with Gasteiger partial charge in [0.1, 0.15) is 11.2 Å². The van der Waals surface area contributed by atoms with Crippen LogP contribution in [0.3, 0.4) is 0 Å². The molecule has 6 heterocycles. The molecule has 5 nitrogen and oxygen atoms in total. The number of rotatable bonds is 3. The van der Waals surface area contributed by atoms with Crippen molar-refractivity contribution in [1.29, 1.82) is 0 Å². The van der Waals surface area contributed by atoms with Gasteiger partial charge >= 0.3 is 0 Å². The fourth-order valence-corrected chi connectivity index (χ4v) is 13.4. The highest BCUT2D eigenvalue weighted by molar-refractivity contribution is 8.00. The first-order chi connectivity index (χ1) is 33.8. The molecule has 8 heteroatoms. The van der Waals surface area contributed by atoms with E-state index < -0.39 is 0 Å². The fourth-order valence-electron chi connectivity index (χ4n) is 12.2. The Kier molecular flexibility index (Phi) is 7.39. The van der Waals surface area contributed by atoms with E-state index in [0.717, 1.165) is 78.0 Å². The summed E-state index contributed by atoms with van der Waals surface area (Å²) >= 11 is 1.89. The Morgan fingerprint density at radius 3 is 1.37 bits per heavy atom. The molecule has 0 unspecified atom stereocenters. The molecule has 0 N–H and O–H groups in total. The van der Waals surface area contributed by atoms with Crippen molar-refractivity contribution >= 4 is 153 Å². The predicted octanol–water partition coefficient (Wildman–Crippen LogP) is 12.3.